The van der Waals surface area contributed by atoms with Crippen LogP contribution < -0.4 is 10.1 Å². The van der Waals surface area contributed by atoms with Gasteiger partial charge < -0.3 is 15.2 Å². The molecule has 1 unspecified atom stereocenters. The SMILES string of the molecule is CCC(CO)NC(=O)c1ccccc1OCC1CC1. The van der Waals surface area contributed by atoms with Gasteiger partial charge in [-0.05, 0) is 37.3 Å². The number of rotatable bonds is 7. The highest BCUT2D eigenvalue weighted by Gasteiger charge is 2.23. The number of carbonyl (C=O) groups is 1. The molecule has 1 amide bonds. The molecule has 0 aromatic heterocycles. The van der Waals surface area contributed by atoms with Gasteiger partial charge in [-0.15, -0.1) is 0 Å². The van der Waals surface area contributed by atoms with E-state index in [4.69, 9.17) is 9.84 Å². The Morgan fingerprint density at radius 1 is 1.47 bits per heavy atom. The molecule has 0 saturated heterocycles. The molecule has 1 aromatic carbocycles. The highest BCUT2D eigenvalue weighted by Crippen LogP contribution is 2.30. The Balaban J connectivity index is 2.02. The number of carbonyl (C=O) groups excluding carboxylic acids is 1. The van der Waals surface area contributed by atoms with Crippen LogP contribution in [0.1, 0.15) is 36.5 Å². The molecular weight excluding hydrogens is 242 g/mol. The van der Waals surface area contributed by atoms with E-state index in [0.29, 0.717) is 30.3 Å². The Morgan fingerprint density at radius 3 is 2.84 bits per heavy atom. The third-order valence-corrected chi connectivity index (χ3v) is 3.35. The second-order valence-corrected chi connectivity index (χ2v) is 5.01. The topological polar surface area (TPSA) is 58.6 Å². The Bertz CT molecular complexity index is 425. The summed E-state index contributed by atoms with van der Waals surface area (Å²) in [6.45, 7) is 2.56. The molecule has 104 valence electrons. The van der Waals surface area contributed by atoms with Crippen molar-refractivity contribution in [3.63, 3.8) is 0 Å². The van der Waals surface area contributed by atoms with Crippen LogP contribution in [0.3, 0.4) is 0 Å². The van der Waals surface area contributed by atoms with Crippen LogP contribution >= 0.6 is 0 Å². The van der Waals surface area contributed by atoms with Crippen molar-refractivity contribution in [1.82, 2.24) is 5.32 Å². The van der Waals surface area contributed by atoms with Gasteiger partial charge >= 0.3 is 0 Å². The maximum absolute atomic E-state index is 12.2. The zero-order valence-electron chi connectivity index (χ0n) is 11.3. The molecule has 1 atom stereocenters. The molecule has 1 aliphatic rings. The second-order valence-electron chi connectivity index (χ2n) is 5.01. The van der Waals surface area contributed by atoms with Crippen LogP contribution in [0.25, 0.3) is 0 Å². The van der Waals surface area contributed by atoms with Crippen molar-refractivity contribution in [1.29, 1.82) is 0 Å². The summed E-state index contributed by atoms with van der Waals surface area (Å²) in [5.74, 6) is 1.09. The van der Waals surface area contributed by atoms with E-state index in [-0.39, 0.29) is 18.6 Å². The Morgan fingerprint density at radius 2 is 2.21 bits per heavy atom. The maximum Gasteiger partial charge on any atom is 0.255 e. The highest BCUT2D eigenvalue weighted by molar-refractivity contribution is 5.97. The van der Waals surface area contributed by atoms with Crippen molar-refractivity contribution in [3.8, 4) is 5.75 Å². The number of para-hydroxylation sites is 1. The molecule has 2 N–H and O–H groups in total. The lowest BCUT2D eigenvalue weighted by molar-refractivity contribution is 0.0910. The van der Waals surface area contributed by atoms with Crippen LogP contribution in [0.5, 0.6) is 5.75 Å². The van der Waals surface area contributed by atoms with Gasteiger partial charge in [0, 0.05) is 0 Å². The first-order chi connectivity index (χ1) is 9.24. The normalized spacial score (nSPS) is 15.9. The molecule has 0 bridgehead atoms. The average molecular weight is 263 g/mol. The van der Waals surface area contributed by atoms with Crippen molar-refractivity contribution in [2.45, 2.75) is 32.2 Å². The van der Waals surface area contributed by atoms with Crippen molar-refractivity contribution in [3.05, 3.63) is 29.8 Å². The second kappa shape index (κ2) is 6.57. The standard InChI is InChI=1S/C15H21NO3/c1-2-12(9-17)16-15(18)13-5-3-4-6-14(13)19-10-11-7-8-11/h3-6,11-12,17H,2,7-10H2,1H3,(H,16,18). The minimum absolute atomic E-state index is 0.0483. The van der Waals surface area contributed by atoms with Crippen LogP contribution in [-0.4, -0.2) is 30.3 Å². The molecule has 1 aromatic rings. The largest absolute Gasteiger partial charge is 0.492 e. The van der Waals surface area contributed by atoms with E-state index < -0.39 is 0 Å². The average Bonchev–Trinajstić information content (AvgIpc) is 3.26. The van der Waals surface area contributed by atoms with Gasteiger partial charge in [-0.25, -0.2) is 0 Å². The van der Waals surface area contributed by atoms with Crippen LogP contribution in [0.2, 0.25) is 0 Å². The lowest BCUT2D eigenvalue weighted by Gasteiger charge is -2.16. The first-order valence-corrected chi connectivity index (χ1v) is 6.88. The first kappa shape index (κ1) is 13.9. The van der Waals surface area contributed by atoms with E-state index in [1.54, 1.807) is 6.07 Å². The number of ether oxygens (including phenoxy) is 1. The summed E-state index contributed by atoms with van der Waals surface area (Å²) < 4.78 is 5.71. The molecule has 19 heavy (non-hydrogen) atoms. The number of aliphatic hydroxyl groups excluding tert-OH is 1. The molecule has 0 heterocycles. The summed E-state index contributed by atoms with van der Waals surface area (Å²) in [5.41, 5.74) is 0.537. The Hall–Kier alpha value is -1.55. The van der Waals surface area contributed by atoms with Crippen LogP contribution in [-0.2, 0) is 0 Å². The Labute approximate surface area is 113 Å². The number of hydrogen-bond donors (Lipinski definition) is 2. The molecule has 0 aliphatic heterocycles. The minimum Gasteiger partial charge on any atom is -0.492 e. The fraction of sp³-hybridized carbons (Fsp3) is 0.533. The van der Waals surface area contributed by atoms with Crippen molar-refractivity contribution >= 4 is 5.91 Å². The maximum atomic E-state index is 12.2. The molecule has 1 aliphatic carbocycles. The first-order valence-electron chi connectivity index (χ1n) is 6.88. The molecule has 4 nitrogen and oxygen atoms in total. The zero-order valence-corrected chi connectivity index (χ0v) is 11.3. The molecule has 1 fully saturated rings. The molecule has 2 rings (SSSR count). The van der Waals surface area contributed by atoms with Gasteiger partial charge in [-0.1, -0.05) is 19.1 Å². The predicted octanol–water partition coefficient (Wildman–Crippen LogP) is 1.98. The van der Waals surface area contributed by atoms with Gasteiger partial charge in [0.1, 0.15) is 5.75 Å². The van der Waals surface area contributed by atoms with Crippen LogP contribution in [0.4, 0.5) is 0 Å². The molecule has 0 spiro atoms. The molecule has 1 saturated carbocycles. The van der Waals surface area contributed by atoms with Crippen LogP contribution in [0, 0.1) is 5.92 Å². The van der Waals surface area contributed by atoms with Gasteiger partial charge in [0.2, 0.25) is 0 Å². The van der Waals surface area contributed by atoms with E-state index in [2.05, 4.69) is 5.32 Å². The Kier molecular flexibility index (Phi) is 4.80. The number of benzene rings is 1. The molecule has 4 heteroatoms. The molecular formula is C15H21NO3. The smallest absolute Gasteiger partial charge is 0.255 e. The van der Waals surface area contributed by atoms with Crippen molar-refractivity contribution in [2.24, 2.45) is 5.92 Å². The summed E-state index contributed by atoms with van der Waals surface area (Å²) in [6, 6.07) is 7.05. The lowest BCUT2D eigenvalue weighted by atomic mass is 10.1. The van der Waals surface area contributed by atoms with E-state index in [9.17, 15) is 4.79 Å². The predicted molar refractivity (Wildman–Crippen MR) is 73.3 cm³/mol. The minimum atomic E-state index is -0.205. The van der Waals surface area contributed by atoms with Crippen molar-refractivity contribution < 1.29 is 14.6 Å². The number of hydrogen-bond acceptors (Lipinski definition) is 3. The van der Waals surface area contributed by atoms with Crippen molar-refractivity contribution in [2.75, 3.05) is 13.2 Å². The third-order valence-electron chi connectivity index (χ3n) is 3.35. The summed E-state index contributed by atoms with van der Waals surface area (Å²) in [7, 11) is 0. The van der Waals surface area contributed by atoms with E-state index in [1.165, 1.54) is 12.8 Å². The summed E-state index contributed by atoms with van der Waals surface area (Å²) >= 11 is 0. The van der Waals surface area contributed by atoms with Crippen LogP contribution in [0.15, 0.2) is 24.3 Å². The fourth-order valence-electron chi connectivity index (χ4n) is 1.81. The zero-order chi connectivity index (χ0) is 13.7. The van der Waals surface area contributed by atoms with Gasteiger partial charge in [0.25, 0.3) is 5.91 Å². The monoisotopic (exact) mass is 263 g/mol. The fourth-order valence-corrected chi connectivity index (χ4v) is 1.81. The van der Waals surface area contributed by atoms with Gasteiger partial charge in [-0.3, -0.25) is 4.79 Å². The number of nitrogens with one attached hydrogen (secondary N) is 1. The summed E-state index contributed by atoms with van der Waals surface area (Å²) in [5, 5.41) is 11.9. The number of amides is 1. The third kappa shape index (κ3) is 3.96. The molecule has 0 radical (unpaired) electrons. The highest BCUT2D eigenvalue weighted by atomic mass is 16.5. The lowest BCUT2D eigenvalue weighted by Crippen LogP contribution is -2.37. The van der Waals surface area contributed by atoms with E-state index in [1.807, 2.05) is 25.1 Å². The summed E-state index contributed by atoms with van der Waals surface area (Å²) in [4.78, 5) is 12.2. The van der Waals surface area contributed by atoms with E-state index >= 15 is 0 Å². The van der Waals surface area contributed by atoms with Gasteiger partial charge in [0.15, 0.2) is 0 Å². The quantitative estimate of drug-likeness (QED) is 0.791. The van der Waals surface area contributed by atoms with Gasteiger partial charge in [0.05, 0.1) is 24.8 Å². The van der Waals surface area contributed by atoms with E-state index in [0.717, 1.165) is 0 Å². The number of aliphatic hydroxyl groups is 1. The summed E-state index contributed by atoms with van der Waals surface area (Å²) in [6.07, 6.45) is 3.14. The van der Waals surface area contributed by atoms with Gasteiger partial charge in [-0.2, -0.15) is 0 Å².